The highest BCUT2D eigenvalue weighted by Gasteiger charge is 2.02. The minimum atomic E-state index is 0.685. The Morgan fingerprint density at radius 2 is 2.25 bits per heavy atom. The van der Waals surface area contributed by atoms with Crippen LogP contribution in [0.5, 0.6) is 0 Å². The Bertz CT molecular complexity index is 168. The normalized spacial score (nSPS) is 19.6. The van der Waals surface area contributed by atoms with Gasteiger partial charge in [0.05, 0.1) is 0 Å². The average Bonchev–Trinajstić information content (AvgIpc) is 2.05. The maximum atomic E-state index is 2.46. The second-order valence-electron chi connectivity index (χ2n) is 3.69. The van der Waals surface area contributed by atoms with Crippen LogP contribution in [-0.4, -0.2) is 24.5 Å². The SMILES string of the molecule is CC(C)/C=C/CN1CC=CCC1. The summed E-state index contributed by atoms with van der Waals surface area (Å²) in [5.74, 6) is 0.685. The lowest BCUT2D eigenvalue weighted by atomic mass is 10.2. The quantitative estimate of drug-likeness (QED) is 0.581. The van der Waals surface area contributed by atoms with Gasteiger partial charge in [0, 0.05) is 19.6 Å². The highest BCUT2D eigenvalue weighted by Crippen LogP contribution is 2.01. The number of nitrogens with zero attached hydrogens (tertiary/aromatic N) is 1. The molecule has 0 saturated heterocycles. The second kappa shape index (κ2) is 5.15. The van der Waals surface area contributed by atoms with Crippen LogP contribution in [0.25, 0.3) is 0 Å². The van der Waals surface area contributed by atoms with Crippen LogP contribution in [0.15, 0.2) is 24.3 Å². The van der Waals surface area contributed by atoms with Gasteiger partial charge in [-0.2, -0.15) is 0 Å². The molecule has 68 valence electrons. The Hall–Kier alpha value is -0.560. The van der Waals surface area contributed by atoms with E-state index in [4.69, 9.17) is 0 Å². The lowest BCUT2D eigenvalue weighted by Crippen LogP contribution is -2.27. The molecule has 0 aromatic carbocycles. The van der Waals surface area contributed by atoms with Crippen molar-refractivity contribution in [3.05, 3.63) is 24.3 Å². The van der Waals surface area contributed by atoms with E-state index >= 15 is 0 Å². The monoisotopic (exact) mass is 165 g/mol. The van der Waals surface area contributed by atoms with E-state index in [1.54, 1.807) is 0 Å². The molecule has 0 aromatic heterocycles. The van der Waals surface area contributed by atoms with Gasteiger partial charge in [-0.05, 0) is 12.3 Å². The largest absolute Gasteiger partial charge is 0.296 e. The summed E-state index contributed by atoms with van der Waals surface area (Å²) in [5, 5.41) is 0. The Labute approximate surface area is 75.8 Å². The number of rotatable bonds is 3. The van der Waals surface area contributed by atoms with Crippen molar-refractivity contribution in [2.75, 3.05) is 19.6 Å². The Morgan fingerprint density at radius 1 is 1.42 bits per heavy atom. The van der Waals surface area contributed by atoms with Crippen LogP contribution in [-0.2, 0) is 0 Å². The summed E-state index contributed by atoms with van der Waals surface area (Å²) in [4.78, 5) is 2.46. The first-order chi connectivity index (χ1) is 5.79. The van der Waals surface area contributed by atoms with Gasteiger partial charge in [-0.1, -0.05) is 38.2 Å². The molecule has 0 atom stereocenters. The minimum absolute atomic E-state index is 0.685. The summed E-state index contributed by atoms with van der Waals surface area (Å²) in [7, 11) is 0. The summed E-state index contributed by atoms with van der Waals surface area (Å²) in [6.45, 7) is 7.89. The average molecular weight is 165 g/mol. The molecule has 12 heavy (non-hydrogen) atoms. The highest BCUT2D eigenvalue weighted by molar-refractivity contribution is 4.94. The Morgan fingerprint density at radius 3 is 2.83 bits per heavy atom. The fraction of sp³-hybridized carbons (Fsp3) is 0.636. The third-order valence-electron chi connectivity index (χ3n) is 2.03. The molecule has 1 heterocycles. The van der Waals surface area contributed by atoms with Crippen LogP contribution >= 0.6 is 0 Å². The van der Waals surface area contributed by atoms with E-state index in [9.17, 15) is 0 Å². The zero-order valence-electron chi connectivity index (χ0n) is 8.16. The second-order valence-corrected chi connectivity index (χ2v) is 3.69. The molecule has 0 saturated carbocycles. The van der Waals surface area contributed by atoms with Crippen LogP contribution in [0.2, 0.25) is 0 Å². The molecule has 0 amide bonds. The van der Waals surface area contributed by atoms with Gasteiger partial charge >= 0.3 is 0 Å². The van der Waals surface area contributed by atoms with Crippen molar-refractivity contribution < 1.29 is 0 Å². The molecule has 0 spiro atoms. The standard InChI is InChI=1S/C11H19N/c1-11(2)7-6-10-12-8-4-3-5-9-12/h3-4,6-7,11H,5,8-10H2,1-2H3/b7-6+. The molecule has 0 fully saturated rings. The first-order valence-corrected chi connectivity index (χ1v) is 4.83. The van der Waals surface area contributed by atoms with Crippen LogP contribution in [0.4, 0.5) is 0 Å². The van der Waals surface area contributed by atoms with Crippen molar-refractivity contribution in [3.8, 4) is 0 Å². The van der Waals surface area contributed by atoms with Gasteiger partial charge in [-0.25, -0.2) is 0 Å². The van der Waals surface area contributed by atoms with Crippen molar-refractivity contribution in [3.63, 3.8) is 0 Å². The number of hydrogen-bond acceptors (Lipinski definition) is 1. The maximum absolute atomic E-state index is 2.46. The van der Waals surface area contributed by atoms with Gasteiger partial charge in [-0.15, -0.1) is 0 Å². The minimum Gasteiger partial charge on any atom is -0.296 e. The van der Waals surface area contributed by atoms with Gasteiger partial charge in [0.25, 0.3) is 0 Å². The number of hydrogen-bond donors (Lipinski definition) is 0. The molecule has 0 aliphatic carbocycles. The molecule has 0 bridgehead atoms. The molecule has 1 aliphatic rings. The van der Waals surface area contributed by atoms with Gasteiger partial charge in [0.15, 0.2) is 0 Å². The van der Waals surface area contributed by atoms with Crippen molar-refractivity contribution in [2.45, 2.75) is 20.3 Å². The maximum Gasteiger partial charge on any atom is 0.0166 e. The van der Waals surface area contributed by atoms with E-state index in [1.165, 1.54) is 13.0 Å². The summed E-state index contributed by atoms with van der Waals surface area (Å²) >= 11 is 0. The van der Waals surface area contributed by atoms with Crippen molar-refractivity contribution in [2.24, 2.45) is 5.92 Å². The van der Waals surface area contributed by atoms with Crippen LogP contribution < -0.4 is 0 Å². The Balaban J connectivity index is 2.18. The van der Waals surface area contributed by atoms with E-state index in [2.05, 4.69) is 43.1 Å². The van der Waals surface area contributed by atoms with Crippen molar-refractivity contribution in [1.82, 2.24) is 4.90 Å². The predicted octanol–water partition coefficient (Wildman–Crippen LogP) is 2.46. The first-order valence-electron chi connectivity index (χ1n) is 4.83. The molecular formula is C11H19N. The van der Waals surface area contributed by atoms with Crippen LogP contribution in [0.1, 0.15) is 20.3 Å². The molecule has 0 N–H and O–H groups in total. The summed E-state index contributed by atoms with van der Waals surface area (Å²) in [6.07, 6.45) is 10.3. The predicted molar refractivity (Wildman–Crippen MR) is 54.2 cm³/mol. The van der Waals surface area contributed by atoms with Gasteiger partial charge in [-0.3, -0.25) is 4.90 Å². The van der Waals surface area contributed by atoms with Gasteiger partial charge < -0.3 is 0 Å². The highest BCUT2D eigenvalue weighted by atomic mass is 15.1. The molecule has 0 aromatic rings. The van der Waals surface area contributed by atoms with E-state index in [0.717, 1.165) is 13.1 Å². The molecule has 1 rings (SSSR count). The number of allylic oxidation sites excluding steroid dienone is 1. The molecule has 1 aliphatic heterocycles. The van der Waals surface area contributed by atoms with Gasteiger partial charge in [0.1, 0.15) is 0 Å². The summed E-state index contributed by atoms with van der Waals surface area (Å²) in [5.41, 5.74) is 0. The van der Waals surface area contributed by atoms with E-state index in [-0.39, 0.29) is 0 Å². The molecular weight excluding hydrogens is 146 g/mol. The van der Waals surface area contributed by atoms with Crippen molar-refractivity contribution >= 4 is 0 Å². The Kier molecular flexibility index (Phi) is 4.09. The van der Waals surface area contributed by atoms with E-state index in [0.29, 0.717) is 5.92 Å². The zero-order chi connectivity index (χ0) is 8.81. The molecule has 1 heteroatoms. The first kappa shape index (κ1) is 9.53. The fourth-order valence-corrected chi connectivity index (χ4v) is 1.34. The zero-order valence-corrected chi connectivity index (χ0v) is 8.16. The van der Waals surface area contributed by atoms with Gasteiger partial charge in [0.2, 0.25) is 0 Å². The summed E-state index contributed by atoms with van der Waals surface area (Å²) < 4.78 is 0. The molecule has 0 unspecified atom stereocenters. The van der Waals surface area contributed by atoms with Crippen molar-refractivity contribution in [1.29, 1.82) is 0 Å². The molecule has 0 radical (unpaired) electrons. The summed E-state index contributed by atoms with van der Waals surface area (Å²) in [6, 6.07) is 0. The third-order valence-corrected chi connectivity index (χ3v) is 2.03. The smallest absolute Gasteiger partial charge is 0.0166 e. The molecule has 1 nitrogen and oxygen atoms in total. The fourth-order valence-electron chi connectivity index (χ4n) is 1.34. The lowest BCUT2D eigenvalue weighted by Gasteiger charge is -2.20. The van der Waals surface area contributed by atoms with Crippen LogP contribution in [0, 0.1) is 5.92 Å². The topological polar surface area (TPSA) is 3.24 Å². The van der Waals surface area contributed by atoms with E-state index in [1.807, 2.05) is 0 Å². The van der Waals surface area contributed by atoms with Crippen LogP contribution in [0.3, 0.4) is 0 Å². The van der Waals surface area contributed by atoms with E-state index < -0.39 is 0 Å². The third kappa shape index (κ3) is 3.72. The lowest BCUT2D eigenvalue weighted by molar-refractivity contribution is 0.330.